The first-order valence-electron chi connectivity index (χ1n) is 17.2. The molecule has 260 valence electrons. The number of aliphatic hydroxyl groups is 1. The number of amides is 3. The molecule has 0 saturated carbocycles. The van der Waals surface area contributed by atoms with Crippen molar-refractivity contribution in [3.8, 4) is 0 Å². The van der Waals surface area contributed by atoms with Crippen LogP contribution in [0.2, 0.25) is 0 Å². The molecule has 1 aliphatic heterocycles. The Balaban J connectivity index is 1.34. The number of rotatable bonds is 12. The summed E-state index contributed by atoms with van der Waals surface area (Å²) in [5.41, 5.74) is 1.47. The molecule has 4 aromatic rings. The number of β-amino-alcohol motifs (C(OH)–C–C–N with tert-alkyl or cyclic N) is 1. The maximum atomic E-state index is 13.9. The van der Waals surface area contributed by atoms with Gasteiger partial charge in [-0.25, -0.2) is 4.98 Å². The van der Waals surface area contributed by atoms with Gasteiger partial charge in [0.1, 0.15) is 11.7 Å². The first-order chi connectivity index (χ1) is 23.4. The van der Waals surface area contributed by atoms with Gasteiger partial charge >= 0.3 is 0 Å². The van der Waals surface area contributed by atoms with Gasteiger partial charge in [-0.2, -0.15) is 0 Å². The normalized spacial score (nSPS) is 18.8. The van der Waals surface area contributed by atoms with Gasteiger partial charge in [-0.05, 0) is 87.6 Å². The van der Waals surface area contributed by atoms with Crippen molar-refractivity contribution < 1.29 is 19.5 Å². The minimum absolute atomic E-state index is 0.0607. The van der Waals surface area contributed by atoms with Gasteiger partial charge < -0.3 is 21.1 Å². The summed E-state index contributed by atoms with van der Waals surface area (Å²) in [7, 11) is 0. The number of hydrogen-bond donors (Lipinski definition) is 4. The quantitative estimate of drug-likeness (QED) is 0.161. The van der Waals surface area contributed by atoms with Gasteiger partial charge in [0.05, 0.1) is 23.7 Å². The molecule has 49 heavy (non-hydrogen) atoms. The fourth-order valence-corrected chi connectivity index (χ4v) is 7.35. The first kappa shape index (κ1) is 36.2. The number of hydrogen-bond acceptors (Lipinski definition) is 7. The van der Waals surface area contributed by atoms with E-state index in [1.807, 2.05) is 101 Å². The average molecular weight is 684 g/mol. The predicted octanol–water partition coefficient (Wildman–Crippen LogP) is 5.30. The molecule has 3 amide bonds. The standard InChI is InChI=1S/C39H49N5O4S/c1-25(2)35(42-36(46)30-18-17-27-14-9-10-15-29(27)40-30)38(48)41-31(22-26-12-7-6-8-13-26)33(45)24-44-20-19-28(34-16-11-21-49-34)23-32(44)37(47)43-39(3,4)5/h6-18,21,25,28,31-33,35,45H,19-20,22-24H2,1-5H3,(H,41,48)(H,42,46)(H,43,47)/t28-,31?,32+,33?,35?/m1/s1. The van der Waals surface area contributed by atoms with Crippen LogP contribution in [0, 0.1) is 5.92 Å². The molecule has 3 unspecified atom stereocenters. The van der Waals surface area contributed by atoms with Crippen LogP contribution in [0.25, 0.3) is 10.9 Å². The van der Waals surface area contributed by atoms with Crippen LogP contribution < -0.4 is 16.0 Å². The van der Waals surface area contributed by atoms with E-state index in [4.69, 9.17) is 0 Å². The summed E-state index contributed by atoms with van der Waals surface area (Å²) in [6.07, 6.45) is 0.906. The molecular weight excluding hydrogens is 635 g/mol. The zero-order valence-electron chi connectivity index (χ0n) is 29.1. The van der Waals surface area contributed by atoms with Crippen molar-refractivity contribution in [2.45, 2.75) is 89.6 Å². The number of likely N-dealkylation sites (tertiary alicyclic amines) is 1. The molecule has 10 heteroatoms. The minimum Gasteiger partial charge on any atom is -0.390 e. The highest BCUT2D eigenvalue weighted by atomic mass is 32.1. The minimum atomic E-state index is -0.988. The molecule has 2 aromatic heterocycles. The Morgan fingerprint density at radius 1 is 0.959 bits per heavy atom. The fraction of sp³-hybridized carbons (Fsp3) is 0.436. The molecule has 3 heterocycles. The summed E-state index contributed by atoms with van der Waals surface area (Å²) < 4.78 is 0. The van der Waals surface area contributed by atoms with Crippen LogP contribution >= 0.6 is 11.3 Å². The summed E-state index contributed by atoms with van der Waals surface area (Å²) >= 11 is 1.71. The molecule has 1 aliphatic rings. The maximum Gasteiger partial charge on any atom is 0.270 e. The first-order valence-corrected chi connectivity index (χ1v) is 18.0. The lowest BCUT2D eigenvalue weighted by molar-refractivity contribution is -0.131. The number of aromatic nitrogens is 1. The van der Waals surface area contributed by atoms with E-state index in [1.54, 1.807) is 17.4 Å². The lowest BCUT2D eigenvalue weighted by Gasteiger charge is -2.41. The Labute approximate surface area is 293 Å². The Hall–Kier alpha value is -4.12. The highest BCUT2D eigenvalue weighted by Crippen LogP contribution is 2.34. The number of aliphatic hydroxyl groups excluding tert-OH is 1. The number of benzene rings is 2. The molecule has 0 spiro atoms. The van der Waals surface area contributed by atoms with Crippen molar-refractivity contribution in [1.82, 2.24) is 25.8 Å². The topological polar surface area (TPSA) is 124 Å². The molecule has 5 atom stereocenters. The number of nitrogens with zero attached hydrogens (tertiary/aromatic N) is 2. The Morgan fingerprint density at radius 3 is 2.39 bits per heavy atom. The third kappa shape index (κ3) is 9.74. The summed E-state index contributed by atoms with van der Waals surface area (Å²) in [6, 6.07) is 23.0. The van der Waals surface area contributed by atoms with Gasteiger partial charge in [0, 0.05) is 22.3 Å². The van der Waals surface area contributed by atoms with Gasteiger partial charge in [0.15, 0.2) is 0 Å². The Bertz CT molecular complexity index is 1710. The van der Waals surface area contributed by atoms with E-state index in [-0.39, 0.29) is 35.9 Å². The van der Waals surface area contributed by atoms with Crippen molar-refractivity contribution in [3.63, 3.8) is 0 Å². The fourth-order valence-electron chi connectivity index (χ4n) is 6.47. The van der Waals surface area contributed by atoms with Crippen LogP contribution in [0.15, 0.2) is 84.2 Å². The Morgan fingerprint density at radius 2 is 1.69 bits per heavy atom. The van der Waals surface area contributed by atoms with Crippen LogP contribution in [0.1, 0.15) is 74.3 Å². The third-order valence-electron chi connectivity index (χ3n) is 9.04. The zero-order chi connectivity index (χ0) is 35.1. The van der Waals surface area contributed by atoms with Crippen molar-refractivity contribution >= 4 is 40.0 Å². The monoisotopic (exact) mass is 683 g/mol. The molecule has 1 fully saturated rings. The second kappa shape index (κ2) is 16.1. The summed E-state index contributed by atoms with van der Waals surface area (Å²) in [5.74, 6) is -0.866. The van der Waals surface area contributed by atoms with Crippen molar-refractivity contribution in [2.24, 2.45) is 5.92 Å². The van der Waals surface area contributed by atoms with Gasteiger partial charge in [0.2, 0.25) is 11.8 Å². The second-order valence-electron chi connectivity index (χ2n) is 14.4. The molecule has 0 bridgehead atoms. The van der Waals surface area contributed by atoms with E-state index in [1.165, 1.54) is 4.88 Å². The highest BCUT2D eigenvalue weighted by Gasteiger charge is 2.38. The van der Waals surface area contributed by atoms with E-state index in [0.29, 0.717) is 24.9 Å². The molecular formula is C39H49N5O4S. The van der Waals surface area contributed by atoms with Crippen LogP contribution in [0.5, 0.6) is 0 Å². The number of fused-ring (bicyclic) bond motifs is 1. The van der Waals surface area contributed by atoms with E-state index >= 15 is 0 Å². The molecule has 9 nitrogen and oxygen atoms in total. The van der Waals surface area contributed by atoms with Gasteiger partial charge in [0.25, 0.3) is 5.91 Å². The molecule has 4 N–H and O–H groups in total. The van der Waals surface area contributed by atoms with Crippen LogP contribution in [-0.4, -0.2) is 75.6 Å². The third-order valence-corrected chi connectivity index (χ3v) is 10.1. The van der Waals surface area contributed by atoms with Gasteiger partial charge in [-0.1, -0.05) is 74.5 Å². The molecule has 1 saturated heterocycles. The smallest absolute Gasteiger partial charge is 0.270 e. The summed E-state index contributed by atoms with van der Waals surface area (Å²) in [5, 5.41) is 24.0. The number of para-hydroxylation sites is 1. The van der Waals surface area contributed by atoms with Gasteiger partial charge in [-0.15, -0.1) is 11.3 Å². The molecule has 0 aliphatic carbocycles. The summed E-state index contributed by atoms with van der Waals surface area (Å²) in [6.45, 7) is 10.5. The number of nitrogens with one attached hydrogen (secondary N) is 3. The number of thiophene rings is 1. The zero-order valence-corrected chi connectivity index (χ0v) is 29.9. The maximum absolute atomic E-state index is 13.9. The number of piperidine rings is 1. The predicted molar refractivity (Wildman–Crippen MR) is 195 cm³/mol. The van der Waals surface area contributed by atoms with Crippen molar-refractivity contribution in [2.75, 3.05) is 13.1 Å². The molecule has 5 rings (SSSR count). The van der Waals surface area contributed by atoms with Crippen LogP contribution in [0.3, 0.4) is 0 Å². The van der Waals surface area contributed by atoms with Crippen LogP contribution in [-0.2, 0) is 16.0 Å². The van der Waals surface area contributed by atoms with Crippen molar-refractivity contribution in [3.05, 3.63) is 100 Å². The Kier molecular flexibility index (Phi) is 11.9. The number of carbonyl (C=O) groups excluding carboxylic acids is 3. The lowest BCUT2D eigenvalue weighted by atomic mass is 9.88. The number of pyridine rings is 1. The summed E-state index contributed by atoms with van der Waals surface area (Å²) in [4.78, 5) is 48.8. The van der Waals surface area contributed by atoms with E-state index in [9.17, 15) is 19.5 Å². The highest BCUT2D eigenvalue weighted by molar-refractivity contribution is 7.10. The molecule has 0 radical (unpaired) electrons. The second-order valence-corrected chi connectivity index (χ2v) is 15.4. The molecule has 2 aromatic carbocycles. The van der Waals surface area contributed by atoms with E-state index < -0.39 is 35.7 Å². The lowest BCUT2D eigenvalue weighted by Crippen LogP contribution is -2.59. The van der Waals surface area contributed by atoms with Crippen molar-refractivity contribution in [1.29, 1.82) is 0 Å². The largest absolute Gasteiger partial charge is 0.390 e. The average Bonchev–Trinajstić information content (AvgIpc) is 3.61. The number of carbonyl (C=O) groups is 3. The van der Waals surface area contributed by atoms with Crippen LogP contribution in [0.4, 0.5) is 0 Å². The van der Waals surface area contributed by atoms with E-state index in [0.717, 1.165) is 17.4 Å². The van der Waals surface area contributed by atoms with E-state index in [2.05, 4.69) is 37.3 Å². The van der Waals surface area contributed by atoms with Gasteiger partial charge in [-0.3, -0.25) is 19.3 Å². The SMILES string of the molecule is CC(C)C(NC(=O)c1ccc2ccccc2n1)C(=O)NC(Cc1ccccc1)C(O)CN1CC[C@@H](c2cccs2)C[C@H]1C(=O)NC(C)(C)C.